The average Bonchev–Trinajstić information content (AvgIpc) is 2.60. The molecule has 0 bridgehead atoms. The SMILES string of the molecule is CCOC(=O)C(C)=Cc1ccc(C(=O)C(C)(C)NC(=O)C(C)=C(C)F)cc1. The highest BCUT2D eigenvalue weighted by molar-refractivity contribution is 6.06. The van der Waals surface area contributed by atoms with Crippen molar-refractivity contribution in [2.24, 2.45) is 0 Å². The topological polar surface area (TPSA) is 72.5 Å². The van der Waals surface area contributed by atoms with Gasteiger partial charge in [-0.25, -0.2) is 9.18 Å². The largest absolute Gasteiger partial charge is 0.463 e. The van der Waals surface area contributed by atoms with E-state index in [1.54, 1.807) is 58.0 Å². The summed E-state index contributed by atoms with van der Waals surface area (Å²) >= 11 is 0. The number of nitrogens with one attached hydrogen (secondary N) is 1. The number of Topliss-reactive ketones (excluding diaryl/α,β-unsaturated/α-hetero) is 1. The molecule has 0 unspecified atom stereocenters. The molecular formula is C21H26FNO4. The molecule has 1 rings (SSSR count). The zero-order valence-corrected chi connectivity index (χ0v) is 16.6. The van der Waals surface area contributed by atoms with Gasteiger partial charge < -0.3 is 10.1 Å². The van der Waals surface area contributed by atoms with E-state index in [4.69, 9.17) is 4.74 Å². The van der Waals surface area contributed by atoms with Crippen LogP contribution in [-0.4, -0.2) is 29.8 Å². The Morgan fingerprint density at radius 2 is 1.67 bits per heavy atom. The molecule has 0 spiro atoms. The van der Waals surface area contributed by atoms with Crippen molar-refractivity contribution in [3.8, 4) is 0 Å². The molecule has 5 nitrogen and oxygen atoms in total. The van der Waals surface area contributed by atoms with Crippen LogP contribution in [0.5, 0.6) is 0 Å². The second kappa shape index (κ2) is 9.26. The van der Waals surface area contributed by atoms with Crippen LogP contribution in [0.4, 0.5) is 4.39 Å². The zero-order valence-electron chi connectivity index (χ0n) is 16.6. The molecule has 1 amide bonds. The molecule has 27 heavy (non-hydrogen) atoms. The maximum Gasteiger partial charge on any atom is 0.333 e. The lowest BCUT2D eigenvalue weighted by Gasteiger charge is -2.25. The van der Waals surface area contributed by atoms with Crippen LogP contribution in [0.15, 0.2) is 41.2 Å². The molecule has 0 saturated carbocycles. The molecule has 0 radical (unpaired) electrons. The summed E-state index contributed by atoms with van der Waals surface area (Å²) in [5.41, 5.74) is 0.320. The molecule has 1 aromatic rings. The van der Waals surface area contributed by atoms with Crippen LogP contribution in [0.2, 0.25) is 0 Å². The van der Waals surface area contributed by atoms with E-state index in [0.717, 1.165) is 5.56 Å². The third kappa shape index (κ3) is 6.16. The highest BCUT2D eigenvalue weighted by Gasteiger charge is 2.31. The van der Waals surface area contributed by atoms with Crippen molar-refractivity contribution in [2.75, 3.05) is 6.61 Å². The number of carbonyl (C=O) groups is 3. The van der Waals surface area contributed by atoms with Gasteiger partial charge in [0, 0.05) is 16.7 Å². The van der Waals surface area contributed by atoms with Crippen LogP contribution < -0.4 is 5.32 Å². The van der Waals surface area contributed by atoms with Crippen molar-refractivity contribution in [3.05, 3.63) is 52.4 Å². The van der Waals surface area contributed by atoms with Gasteiger partial charge in [0.2, 0.25) is 5.91 Å². The van der Waals surface area contributed by atoms with Gasteiger partial charge in [0.1, 0.15) is 5.83 Å². The molecule has 0 saturated heterocycles. The van der Waals surface area contributed by atoms with Crippen molar-refractivity contribution in [2.45, 2.75) is 47.1 Å². The summed E-state index contributed by atoms with van der Waals surface area (Å²) in [6.07, 6.45) is 1.66. The number of benzene rings is 1. The minimum Gasteiger partial charge on any atom is -0.463 e. The van der Waals surface area contributed by atoms with Crippen LogP contribution in [0, 0.1) is 0 Å². The number of ether oxygens (including phenoxy) is 1. The molecule has 6 heteroatoms. The van der Waals surface area contributed by atoms with E-state index in [1.165, 1.54) is 13.8 Å². The van der Waals surface area contributed by atoms with Crippen LogP contribution in [-0.2, 0) is 14.3 Å². The number of halogens is 1. The van der Waals surface area contributed by atoms with Gasteiger partial charge in [-0.05, 0) is 53.2 Å². The second-order valence-electron chi connectivity index (χ2n) is 6.74. The summed E-state index contributed by atoms with van der Waals surface area (Å²) in [5, 5.41) is 2.55. The van der Waals surface area contributed by atoms with E-state index in [1.807, 2.05) is 0 Å². The summed E-state index contributed by atoms with van der Waals surface area (Å²) in [6.45, 7) is 9.36. The minimum absolute atomic E-state index is 0.0641. The van der Waals surface area contributed by atoms with Crippen molar-refractivity contribution >= 4 is 23.7 Å². The van der Waals surface area contributed by atoms with E-state index in [-0.39, 0.29) is 11.4 Å². The van der Waals surface area contributed by atoms with Crippen LogP contribution in [0.25, 0.3) is 6.08 Å². The molecule has 0 aliphatic carbocycles. The molecular weight excluding hydrogens is 349 g/mol. The van der Waals surface area contributed by atoms with Gasteiger partial charge in [0.25, 0.3) is 0 Å². The Morgan fingerprint density at radius 1 is 1.11 bits per heavy atom. The predicted octanol–water partition coefficient (Wildman–Crippen LogP) is 3.99. The average molecular weight is 375 g/mol. The number of hydrogen-bond donors (Lipinski definition) is 1. The van der Waals surface area contributed by atoms with Crippen LogP contribution in [0.1, 0.15) is 57.5 Å². The fourth-order valence-electron chi connectivity index (χ4n) is 2.24. The third-order valence-corrected chi connectivity index (χ3v) is 4.00. The Morgan fingerprint density at radius 3 is 2.15 bits per heavy atom. The first-order valence-electron chi connectivity index (χ1n) is 8.65. The molecule has 0 atom stereocenters. The molecule has 0 aliphatic rings. The molecule has 0 fully saturated rings. The maximum absolute atomic E-state index is 13.2. The Labute approximate surface area is 159 Å². The highest BCUT2D eigenvalue weighted by Crippen LogP contribution is 2.17. The van der Waals surface area contributed by atoms with Gasteiger partial charge in [-0.3, -0.25) is 9.59 Å². The quantitative estimate of drug-likeness (QED) is 0.444. The Balaban J connectivity index is 2.96. The fourth-order valence-corrected chi connectivity index (χ4v) is 2.24. The smallest absolute Gasteiger partial charge is 0.333 e. The Hall–Kier alpha value is -2.76. The number of allylic oxidation sites excluding steroid dienone is 1. The van der Waals surface area contributed by atoms with E-state index in [2.05, 4.69) is 5.32 Å². The monoisotopic (exact) mass is 375 g/mol. The maximum atomic E-state index is 13.2. The van der Waals surface area contributed by atoms with Crippen LogP contribution >= 0.6 is 0 Å². The molecule has 0 aromatic heterocycles. The first-order valence-corrected chi connectivity index (χ1v) is 8.65. The normalized spacial score (nSPS) is 12.9. The van der Waals surface area contributed by atoms with E-state index < -0.39 is 23.2 Å². The third-order valence-electron chi connectivity index (χ3n) is 4.00. The second-order valence-corrected chi connectivity index (χ2v) is 6.74. The summed E-state index contributed by atoms with van der Waals surface area (Å²) in [6, 6.07) is 6.63. The highest BCUT2D eigenvalue weighted by atomic mass is 19.1. The number of rotatable bonds is 7. The summed E-state index contributed by atoms with van der Waals surface area (Å²) in [5.74, 6) is -1.92. The van der Waals surface area contributed by atoms with E-state index in [0.29, 0.717) is 17.7 Å². The Bertz CT molecular complexity index is 785. The number of hydrogen-bond acceptors (Lipinski definition) is 4. The zero-order chi connectivity index (χ0) is 20.8. The standard InChI is InChI=1S/C21H26FNO4/c1-7-27-20(26)13(2)12-16-8-10-17(11-9-16)18(24)21(5,6)23-19(25)14(3)15(4)22/h8-12H,7H2,1-6H3,(H,23,25). The van der Waals surface area contributed by atoms with Gasteiger partial charge >= 0.3 is 5.97 Å². The van der Waals surface area contributed by atoms with Crippen molar-refractivity contribution < 1.29 is 23.5 Å². The number of amides is 1. The lowest BCUT2D eigenvalue weighted by Crippen LogP contribution is -2.50. The van der Waals surface area contributed by atoms with Crippen LogP contribution in [0.3, 0.4) is 0 Å². The van der Waals surface area contributed by atoms with Crippen molar-refractivity contribution in [1.82, 2.24) is 5.32 Å². The first kappa shape index (κ1) is 22.3. The van der Waals surface area contributed by atoms with E-state index in [9.17, 15) is 18.8 Å². The lowest BCUT2D eigenvalue weighted by molar-refractivity contribution is -0.138. The van der Waals surface area contributed by atoms with E-state index >= 15 is 0 Å². The first-order chi connectivity index (χ1) is 12.5. The number of carbonyl (C=O) groups excluding carboxylic acids is 3. The van der Waals surface area contributed by atoms with Gasteiger partial charge in [-0.1, -0.05) is 24.3 Å². The van der Waals surface area contributed by atoms with Crippen molar-refractivity contribution in [3.63, 3.8) is 0 Å². The fraction of sp³-hybridized carbons (Fsp3) is 0.381. The van der Waals surface area contributed by atoms with Gasteiger partial charge in [-0.15, -0.1) is 0 Å². The summed E-state index contributed by atoms with van der Waals surface area (Å²) < 4.78 is 18.1. The van der Waals surface area contributed by atoms with Gasteiger partial charge in [0.15, 0.2) is 5.78 Å². The molecule has 1 aromatic carbocycles. The molecule has 146 valence electrons. The Kier molecular flexibility index (Phi) is 7.64. The predicted molar refractivity (Wildman–Crippen MR) is 103 cm³/mol. The number of esters is 1. The molecule has 1 N–H and O–H groups in total. The summed E-state index contributed by atoms with van der Waals surface area (Å²) in [4.78, 5) is 36.4. The van der Waals surface area contributed by atoms with Gasteiger partial charge in [0.05, 0.1) is 12.1 Å². The lowest BCUT2D eigenvalue weighted by atomic mass is 9.92. The van der Waals surface area contributed by atoms with Crippen molar-refractivity contribution in [1.29, 1.82) is 0 Å². The molecule has 0 aliphatic heterocycles. The molecule has 0 heterocycles. The number of ketones is 1. The summed E-state index contributed by atoms with van der Waals surface area (Å²) in [7, 11) is 0. The van der Waals surface area contributed by atoms with Gasteiger partial charge in [-0.2, -0.15) is 0 Å². The minimum atomic E-state index is -1.20.